The van der Waals surface area contributed by atoms with Crippen LogP contribution in [0.15, 0.2) is 66.4 Å². The standard InChI is InChI=1S/C16H14N2/c1-18(15-10-6-3-7-11-15)16(13-17)12-14-8-4-2-5-9-14/h2-12H,1H3. The maximum atomic E-state index is 9.26. The zero-order valence-electron chi connectivity index (χ0n) is 10.2. The summed E-state index contributed by atoms with van der Waals surface area (Å²) in [5, 5.41) is 9.26. The number of nitriles is 1. The van der Waals surface area contributed by atoms with Crippen LogP contribution in [0.4, 0.5) is 5.69 Å². The number of hydrogen-bond donors (Lipinski definition) is 0. The van der Waals surface area contributed by atoms with E-state index in [-0.39, 0.29) is 0 Å². The third-order valence-electron chi connectivity index (χ3n) is 2.72. The lowest BCUT2D eigenvalue weighted by Crippen LogP contribution is -2.14. The molecule has 2 nitrogen and oxygen atoms in total. The Balaban J connectivity index is 2.30. The summed E-state index contributed by atoms with van der Waals surface area (Å²) in [6, 6.07) is 21.9. The van der Waals surface area contributed by atoms with Gasteiger partial charge in [-0.05, 0) is 23.8 Å². The highest BCUT2D eigenvalue weighted by Crippen LogP contribution is 2.18. The van der Waals surface area contributed by atoms with Gasteiger partial charge in [0, 0.05) is 12.7 Å². The molecule has 0 amide bonds. The van der Waals surface area contributed by atoms with Crippen LogP contribution in [0.3, 0.4) is 0 Å². The SMILES string of the molecule is CN(C(C#N)=Cc1ccccc1)c1ccccc1. The fraction of sp³-hybridized carbons (Fsp3) is 0.0625. The topological polar surface area (TPSA) is 27.0 Å². The molecule has 0 heterocycles. The van der Waals surface area contributed by atoms with Crippen molar-refractivity contribution in [1.82, 2.24) is 0 Å². The Morgan fingerprint density at radius 3 is 2.11 bits per heavy atom. The number of nitrogens with zero attached hydrogens (tertiary/aromatic N) is 2. The molecule has 0 saturated carbocycles. The summed E-state index contributed by atoms with van der Waals surface area (Å²) < 4.78 is 0. The maximum absolute atomic E-state index is 9.26. The average molecular weight is 234 g/mol. The molecule has 0 atom stereocenters. The Labute approximate surface area is 107 Å². The van der Waals surface area contributed by atoms with Crippen molar-refractivity contribution < 1.29 is 0 Å². The molecule has 0 N–H and O–H groups in total. The van der Waals surface area contributed by atoms with Crippen LogP contribution < -0.4 is 4.90 Å². The van der Waals surface area contributed by atoms with Gasteiger partial charge >= 0.3 is 0 Å². The van der Waals surface area contributed by atoms with E-state index in [1.165, 1.54) is 0 Å². The monoisotopic (exact) mass is 234 g/mol. The van der Waals surface area contributed by atoms with Gasteiger partial charge in [-0.2, -0.15) is 5.26 Å². The van der Waals surface area contributed by atoms with Crippen LogP contribution in [-0.4, -0.2) is 7.05 Å². The predicted octanol–water partition coefficient (Wildman–Crippen LogP) is 3.69. The third kappa shape index (κ3) is 2.78. The number of benzene rings is 2. The minimum absolute atomic E-state index is 0.618. The molecule has 2 rings (SSSR count). The molecule has 0 unspecified atom stereocenters. The second-order valence-corrected chi connectivity index (χ2v) is 3.95. The maximum Gasteiger partial charge on any atom is 0.120 e. The molecule has 0 spiro atoms. The van der Waals surface area contributed by atoms with Gasteiger partial charge in [0.15, 0.2) is 0 Å². The lowest BCUT2D eigenvalue weighted by molar-refractivity contribution is 1.15. The predicted molar refractivity (Wildman–Crippen MR) is 74.9 cm³/mol. The van der Waals surface area contributed by atoms with Crippen LogP contribution in [0.1, 0.15) is 5.56 Å². The largest absolute Gasteiger partial charge is 0.336 e. The molecule has 2 aromatic carbocycles. The lowest BCUT2D eigenvalue weighted by Gasteiger charge is -2.17. The van der Waals surface area contributed by atoms with Crippen molar-refractivity contribution in [3.8, 4) is 6.07 Å². The molecular weight excluding hydrogens is 220 g/mol. The molecule has 0 radical (unpaired) electrons. The second-order valence-electron chi connectivity index (χ2n) is 3.95. The van der Waals surface area contributed by atoms with Crippen molar-refractivity contribution in [2.45, 2.75) is 0 Å². The molecule has 0 fully saturated rings. The Morgan fingerprint density at radius 2 is 1.56 bits per heavy atom. The molecule has 0 aliphatic carbocycles. The Hall–Kier alpha value is -2.53. The smallest absolute Gasteiger partial charge is 0.120 e. The van der Waals surface area contributed by atoms with Crippen LogP contribution in [0.25, 0.3) is 6.08 Å². The van der Waals surface area contributed by atoms with Crippen LogP contribution in [-0.2, 0) is 0 Å². The number of anilines is 1. The van der Waals surface area contributed by atoms with E-state index in [4.69, 9.17) is 0 Å². The Morgan fingerprint density at radius 1 is 1.00 bits per heavy atom. The van der Waals surface area contributed by atoms with E-state index in [9.17, 15) is 5.26 Å². The molecule has 2 heteroatoms. The van der Waals surface area contributed by atoms with E-state index in [2.05, 4.69) is 6.07 Å². The van der Waals surface area contributed by atoms with Gasteiger partial charge in [-0.15, -0.1) is 0 Å². The summed E-state index contributed by atoms with van der Waals surface area (Å²) in [7, 11) is 1.90. The molecule has 0 saturated heterocycles. The van der Waals surface area contributed by atoms with E-state index >= 15 is 0 Å². The van der Waals surface area contributed by atoms with E-state index in [0.717, 1.165) is 11.3 Å². The van der Waals surface area contributed by atoms with Crippen molar-refractivity contribution in [1.29, 1.82) is 5.26 Å². The molecule has 18 heavy (non-hydrogen) atoms. The van der Waals surface area contributed by atoms with Gasteiger partial charge in [-0.3, -0.25) is 0 Å². The van der Waals surface area contributed by atoms with Gasteiger partial charge in [0.1, 0.15) is 11.8 Å². The summed E-state index contributed by atoms with van der Waals surface area (Å²) in [4.78, 5) is 1.88. The van der Waals surface area contributed by atoms with E-state index < -0.39 is 0 Å². The van der Waals surface area contributed by atoms with Gasteiger partial charge in [0.2, 0.25) is 0 Å². The van der Waals surface area contributed by atoms with Crippen molar-refractivity contribution in [3.05, 3.63) is 71.9 Å². The Kier molecular flexibility index (Phi) is 3.78. The summed E-state index contributed by atoms with van der Waals surface area (Å²) >= 11 is 0. The molecule has 0 bridgehead atoms. The van der Waals surface area contributed by atoms with Gasteiger partial charge in [0.05, 0.1) is 0 Å². The van der Waals surface area contributed by atoms with Gasteiger partial charge in [-0.1, -0.05) is 48.5 Å². The molecule has 0 aliphatic rings. The van der Waals surface area contributed by atoms with Gasteiger partial charge in [-0.25, -0.2) is 0 Å². The zero-order chi connectivity index (χ0) is 12.8. The molecule has 88 valence electrons. The van der Waals surface area contributed by atoms with Crippen molar-refractivity contribution in [2.24, 2.45) is 0 Å². The van der Waals surface area contributed by atoms with E-state index in [0.29, 0.717) is 5.70 Å². The first kappa shape index (κ1) is 11.9. The summed E-state index contributed by atoms with van der Waals surface area (Å²) in [6.07, 6.45) is 1.88. The van der Waals surface area contributed by atoms with Crippen LogP contribution >= 0.6 is 0 Å². The quantitative estimate of drug-likeness (QED) is 0.757. The minimum Gasteiger partial charge on any atom is -0.336 e. The average Bonchev–Trinajstić information content (AvgIpc) is 2.46. The van der Waals surface area contributed by atoms with Crippen molar-refractivity contribution in [3.63, 3.8) is 0 Å². The van der Waals surface area contributed by atoms with Crippen LogP contribution in [0, 0.1) is 11.3 Å². The summed E-state index contributed by atoms with van der Waals surface area (Å²) in [5.74, 6) is 0. The lowest BCUT2D eigenvalue weighted by atomic mass is 10.2. The highest BCUT2D eigenvalue weighted by Gasteiger charge is 2.05. The summed E-state index contributed by atoms with van der Waals surface area (Å²) in [5.41, 5.74) is 2.64. The Bertz CT molecular complexity index is 565. The van der Waals surface area contributed by atoms with Crippen LogP contribution in [0.5, 0.6) is 0 Å². The number of allylic oxidation sites excluding steroid dienone is 1. The molecular formula is C16H14N2. The first-order chi connectivity index (χ1) is 8.81. The fourth-order valence-corrected chi connectivity index (χ4v) is 1.70. The van der Waals surface area contributed by atoms with Crippen molar-refractivity contribution >= 4 is 11.8 Å². The summed E-state index contributed by atoms with van der Waals surface area (Å²) in [6.45, 7) is 0. The highest BCUT2D eigenvalue weighted by molar-refractivity contribution is 5.65. The van der Waals surface area contributed by atoms with E-state index in [1.54, 1.807) is 0 Å². The normalized spacial score (nSPS) is 10.8. The number of rotatable bonds is 3. The highest BCUT2D eigenvalue weighted by atomic mass is 15.1. The number of hydrogen-bond acceptors (Lipinski definition) is 2. The first-order valence-electron chi connectivity index (χ1n) is 5.77. The second kappa shape index (κ2) is 5.70. The van der Waals surface area contributed by atoms with Gasteiger partial charge in [0.25, 0.3) is 0 Å². The van der Waals surface area contributed by atoms with Crippen LogP contribution in [0.2, 0.25) is 0 Å². The van der Waals surface area contributed by atoms with Gasteiger partial charge < -0.3 is 4.90 Å². The third-order valence-corrected chi connectivity index (χ3v) is 2.72. The molecule has 0 aromatic heterocycles. The van der Waals surface area contributed by atoms with E-state index in [1.807, 2.05) is 78.7 Å². The molecule has 0 aliphatic heterocycles. The fourth-order valence-electron chi connectivity index (χ4n) is 1.70. The number of para-hydroxylation sites is 1. The zero-order valence-corrected chi connectivity index (χ0v) is 10.2. The first-order valence-corrected chi connectivity index (χ1v) is 5.77. The minimum atomic E-state index is 0.618. The van der Waals surface area contributed by atoms with Crippen molar-refractivity contribution in [2.75, 3.05) is 11.9 Å². The molecule has 2 aromatic rings.